The molecule has 30 heavy (non-hydrogen) atoms. The number of rotatable bonds is 6. The fourth-order valence-corrected chi connectivity index (χ4v) is 4.75. The highest BCUT2D eigenvalue weighted by atomic mass is 32.2. The first-order valence-corrected chi connectivity index (χ1v) is 11.3. The zero-order chi connectivity index (χ0) is 21.7. The summed E-state index contributed by atoms with van der Waals surface area (Å²) < 4.78 is 31.7. The molecule has 3 rings (SSSR count). The van der Waals surface area contributed by atoms with E-state index in [2.05, 4.69) is 11.7 Å². The van der Waals surface area contributed by atoms with E-state index in [-0.39, 0.29) is 10.7 Å². The molecule has 1 fully saturated rings. The summed E-state index contributed by atoms with van der Waals surface area (Å²) in [6.07, 6.45) is 4.79. The zero-order valence-corrected chi connectivity index (χ0v) is 17.9. The van der Waals surface area contributed by atoms with Crippen LogP contribution in [0, 0.1) is 5.92 Å². The lowest BCUT2D eigenvalue weighted by atomic mass is 10.0. The summed E-state index contributed by atoms with van der Waals surface area (Å²) in [6, 6.07) is 12.7. The van der Waals surface area contributed by atoms with Crippen LogP contribution >= 0.6 is 0 Å². The number of carbonyl (C=O) groups is 2. The Hall–Kier alpha value is -2.77. The zero-order valence-electron chi connectivity index (χ0n) is 17.1. The van der Waals surface area contributed by atoms with Gasteiger partial charge >= 0.3 is 5.97 Å². The Morgan fingerprint density at radius 1 is 0.967 bits per heavy atom. The summed E-state index contributed by atoms with van der Waals surface area (Å²) in [5.41, 5.74) is 1.60. The third kappa shape index (κ3) is 5.04. The van der Waals surface area contributed by atoms with Gasteiger partial charge in [-0.15, -0.1) is 0 Å². The van der Waals surface area contributed by atoms with Gasteiger partial charge in [-0.2, -0.15) is 4.31 Å². The maximum absolute atomic E-state index is 12.8. The molecule has 158 valence electrons. The van der Waals surface area contributed by atoms with E-state index in [4.69, 9.17) is 0 Å². The Bertz CT molecular complexity index is 1030. The van der Waals surface area contributed by atoms with Crippen molar-refractivity contribution in [1.29, 1.82) is 0 Å². The van der Waals surface area contributed by atoms with Crippen LogP contribution in [-0.4, -0.2) is 44.7 Å². The fourth-order valence-electron chi connectivity index (χ4n) is 3.28. The highest BCUT2D eigenvalue weighted by molar-refractivity contribution is 7.89. The molecule has 6 nitrogen and oxygen atoms in total. The minimum atomic E-state index is -3.53. The van der Waals surface area contributed by atoms with Gasteiger partial charge in [-0.25, -0.2) is 13.2 Å². The van der Waals surface area contributed by atoms with Crippen molar-refractivity contribution >= 4 is 27.9 Å². The van der Waals surface area contributed by atoms with Crippen molar-refractivity contribution in [1.82, 2.24) is 4.31 Å². The van der Waals surface area contributed by atoms with Gasteiger partial charge in [0.05, 0.1) is 17.6 Å². The summed E-state index contributed by atoms with van der Waals surface area (Å²) in [5, 5.41) is 0. The fraction of sp³-hybridized carbons (Fsp3) is 0.304. The summed E-state index contributed by atoms with van der Waals surface area (Å²) in [5.74, 6) is -0.113. The maximum atomic E-state index is 12.8. The molecule has 0 unspecified atom stereocenters. The van der Waals surface area contributed by atoms with Crippen molar-refractivity contribution in [2.75, 3.05) is 20.2 Å². The molecule has 0 atom stereocenters. The molecule has 1 saturated heterocycles. The van der Waals surface area contributed by atoms with Gasteiger partial charge in [0.25, 0.3) is 0 Å². The molecule has 0 amide bonds. The molecule has 2 aromatic carbocycles. The van der Waals surface area contributed by atoms with Gasteiger partial charge in [0.2, 0.25) is 10.0 Å². The Morgan fingerprint density at radius 3 is 2.10 bits per heavy atom. The summed E-state index contributed by atoms with van der Waals surface area (Å²) >= 11 is 0. The third-order valence-corrected chi connectivity index (χ3v) is 7.19. The van der Waals surface area contributed by atoms with E-state index in [1.807, 2.05) is 0 Å². The minimum Gasteiger partial charge on any atom is -0.465 e. The third-order valence-electron chi connectivity index (χ3n) is 5.28. The van der Waals surface area contributed by atoms with Crippen LogP contribution in [0.3, 0.4) is 0 Å². The standard InChI is InChI=1S/C23H25NO5S/c1-17-13-15-24(16-14-17)30(27,28)21-10-8-19(9-11-21)22(25)12-5-18-3-6-20(7-4-18)23(26)29-2/h3-12,17H,13-16H2,1-2H3. The molecule has 2 aromatic rings. The van der Waals surface area contributed by atoms with E-state index < -0.39 is 16.0 Å². The number of allylic oxidation sites excluding steroid dienone is 1. The second-order valence-electron chi connectivity index (χ2n) is 7.42. The smallest absolute Gasteiger partial charge is 0.337 e. The van der Waals surface area contributed by atoms with Crippen LogP contribution in [0.5, 0.6) is 0 Å². The van der Waals surface area contributed by atoms with Crippen LogP contribution in [0.1, 0.15) is 46.0 Å². The van der Waals surface area contributed by atoms with E-state index in [9.17, 15) is 18.0 Å². The largest absolute Gasteiger partial charge is 0.465 e. The van der Waals surface area contributed by atoms with Gasteiger partial charge in [0, 0.05) is 18.7 Å². The lowest BCUT2D eigenvalue weighted by Crippen LogP contribution is -2.37. The second-order valence-corrected chi connectivity index (χ2v) is 9.36. The number of ether oxygens (including phenoxy) is 1. The summed E-state index contributed by atoms with van der Waals surface area (Å²) in [7, 11) is -2.21. The van der Waals surface area contributed by atoms with Crippen LogP contribution in [0.25, 0.3) is 6.08 Å². The summed E-state index contributed by atoms with van der Waals surface area (Å²) in [6.45, 7) is 3.19. The van der Waals surface area contributed by atoms with Crippen molar-refractivity contribution in [3.05, 3.63) is 71.3 Å². The van der Waals surface area contributed by atoms with E-state index in [1.54, 1.807) is 30.3 Å². The lowest BCUT2D eigenvalue weighted by Gasteiger charge is -2.29. The number of hydrogen-bond donors (Lipinski definition) is 0. The van der Waals surface area contributed by atoms with Crippen LogP contribution in [0.4, 0.5) is 0 Å². The number of piperidine rings is 1. The van der Waals surface area contributed by atoms with Crippen LogP contribution in [0.15, 0.2) is 59.5 Å². The minimum absolute atomic E-state index is 0.205. The monoisotopic (exact) mass is 427 g/mol. The van der Waals surface area contributed by atoms with Crippen LogP contribution < -0.4 is 0 Å². The number of hydrogen-bond acceptors (Lipinski definition) is 5. The van der Waals surface area contributed by atoms with E-state index >= 15 is 0 Å². The topological polar surface area (TPSA) is 80.8 Å². The molecule has 0 saturated carbocycles. The van der Waals surface area contributed by atoms with Crippen LogP contribution in [0.2, 0.25) is 0 Å². The quantitative estimate of drug-likeness (QED) is 0.398. The molecule has 0 spiro atoms. The normalized spacial score (nSPS) is 15.9. The molecule has 1 aliphatic rings. The number of carbonyl (C=O) groups excluding carboxylic acids is 2. The molecule has 0 aromatic heterocycles. The number of ketones is 1. The first-order chi connectivity index (χ1) is 14.3. The highest BCUT2D eigenvalue weighted by Crippen LogP contribution is 2.23. The number of methoxy groups -OCH3 is 1. The predicted molar refractivity (Wildman–Crippen MR) is 115 cm³/mol. The first-order valence-electron chi connectivity index (χ1n) is 9.82. The highest BCUT2D eigenvalue weighted by Gasteiger charge is 2.28. The Balaban J connectivity index is 1.67. The van der Waals surface area contributed by atoms with Gasteiger partial charge in [-0.05, 0) is 66.8 Å². The van der Waals surface area contributed by atoms with Crippen molar-refractivity contribution < 1.29 is 22.7 Å². The van der Waals surface area contributed by atoms with Crippen molar-refractivity contribution in [3.63, 3.8) is 0 Å². The van der Waals surface area contributed by atoms with E-state index in [0.717, 1.165) is 18.4 Å². The Labute approximate surface area is 177 Å². The number of sulfonamides is 1. The molecular formula is C23H25NO5S. The van der Waals surface area contributed by atoms with E-state index in [0.29, 0.717) is 30.1 Å². The molecular weight excluding hydrogens is 402 g/mol. The molecule has 1 heterocycles. The molecule has 0 radical (unpaired) electrons. The number of nitrogens with zero attached hydrogens (tertiary/aromatic N) is 1. The maximum Gasteiger partial charge on any atom is 0.337 e. The van der Waals surface area contributed by atoms with Gasteiger partial charge in [-0.3, -0.25) is 4.79 Å². The summed E-state index contributed by atoms with van der Waals surface area (Å²) in [4.78, 5) is 24.1. The van der Waals surface area contributed by atoms with Gasteiger partial charge in [-0.1, -0.05) is 25.1 Å². The molecule has 0 N–H and O–H groups in total. The second kappa shape index (κ2) is 9.36. The van der Waals surface area contributed by atoms with Gasteiger partial charge in [0.1, 0.15) is 0 Å². The Kier molecular flexibility index (Phi) is 6.84. The first kappa shape index (κ1) is 21.9. The number of benzene rings is 2. The molecule has 7 heteroatoms. The van der Waals surface area contributed by atoms with Gasteiger partial charge in [0.15, 0.2) is 5.78 Å². The predicted octanol–water partition coefficient (Wildman–Crippen LogP) is 3.79. The van der Waals surface area contributed by atoms with Crippen molar-refractivity contribution in [2.45, 2.75) is 24.7 Å². The molecule has 0 bridgehead atoms. The average Bonchev–Trinajstić information content (AvgIpc) is 2.77. The van der Waals surface area contributed by atoms with Crippen molar-refractivity contribution in [3.8, 4) is 0 Å². The SMILES string of the molecule is COC(=O)c1ccc(C=CC(=O)c2ccc(S(=O)(=O)N3CCC(C)CC3)cc2)cc1. The van der Waals surface area contributed by atoms with E-state index in [1.165, 1.54) is 41.8 Å². The average molecular weight is 428 g/mol. The Morgan fingerprint density at radius 2 is 1.53 bits per heavy atom. The van der Waals surface area contributed by atoms with Crippen LogP contribution in [-0.2, 0) is 14.8 Å². The lowest BCUT2D eigenvalue weighted by molar-refractivity contribution is 0.0600. The molecule has 1 aliphatic heterocycles. The number of esters is 1. The molecule has 0 aliphatic carbocycles. The van der Waals surface area contributed by atoms with Crippen molar-refractivity contribution in [2.24, 2.45) is 5.92 Å². The van der Waals surface area contributed by atoms with Gasteiger partial charge < -0.3 is 4.74 Å².